The molecule has 0 aromatic carbocycles. The molecule has 0 fully saturated rings. The van der Waals surface area contributed by atoms with E-state index in [1.807, 2.05) is 0 Å². The van der Waals surface area contributed by atoms with Crippen LogP contribution in [0.3, 0.4) is 0 Å². The highest BCUT2D eigenvalue weighted by molar-refractivity contribution is 5.69. The number of hydrogen-bond donors (Lipinski definition) is 0. The topological polar surface area (TPSA) is 26.3 Å². The van der Waals surface area contributed by atoms with Gasteiger partial charge in [-0.05, 0) is 57.8 Å². The molecular formula is C32H60O2. The third-order valence-corrected chi connectivity index (χ3v) is 6.56. The molecule has 200 valence electrons. The quantitative estimate of drug-likeness (QED) is 0.0669. The smallest absolute Gasteiger partial charge is 0.305 e. The second-order valence-corrected chi connectivity index (χ2v) is 10.1. The molecular weight excluding hydrogens is 416 g/mol. The van der Waals surface area contributed by atoms with E-state index in [-0.39, 0.29) is 5.97 Å². The van der Waals surface area contributed by atoms with E-state index >= 15 is 0 Å². The SMILES string of the molecule is CCCC/C=C\CCCCCCCC(=O)OCCCCCCCC/C=C/CCCCCCCC. The van der Waals surface area contributed by atoms with E-state index in [0.29, 0.717) is 13.0 Å². The van der Waals surface area contributed by atoms with Crippen LogP contribution in [0.4, 0.5) is 0 Å². The summed E-state index contributed by atoms with van der Waals surface area (Å²) in [5.41, 5.74) is 0. The molecule has 0 heterocycles. The first-order valence-corrected chi connectivity index (χ1v) is 15.3. The Balaban J connectivity index is 3.22. The van der Waals surface area contributed by atoms with Crippen LogP contribution in [0.1, 0.15) is 168 Å². The van der Waals surface area contributed by atoms with Gasteiger partial charge >= 0.3 is 5.97 Å². The fraction of sp³-hybridized carbons (Fsp3) is 0.844. The standard InChI is InChI=1S/C32H60O2/c1-3-5-7-9-11-13-15-16-17-18-19-21-23-25-27-29-31-34-32(33)30-28-26-24-22-20-14-12-10-8-6-4-2/h10,12,16-17H,3-9,11,13-15,18-31H2,1-2H3/b12-10-,17-16+. The summed E-state index contributed by atoms with van der Waals surface area (Å²) in [5, 5.41) is 0. The molecule has 0 N–H and O–H groups in total. The largest absolute Gasteiger partial charge is 0.466 e. The van der Waals surface area contributed by atoms with Crippen LogP contribution >= 0.6 is 0 Å². The van der Waals surface area contributed by atoms with Crippen LogP contribution in [0.5, 0.6) is 0 Å². The predicted octanol–water partition coefficient (Wildman–Crippen LogP) is 11.0. The molecule has 0 aliphatic carbocycles. The lowest BCUT2D eigenvalue weighted by atomic mass is 10.1. The van der Waals surface area contributed by atoms with Gasteiger partial charge in [-0.3, -0.25) is 4.79 Å². The van der Waals surface area contributed by atoms with Gasteiger partial charge in [0.2, 0.25) is 0 Å². The van der Waals surface area contributed by atoms with Gasteiger partial charge in [0.15, 0.2) is 0 Å². The number of ether oxygens (including phenoxy) is 1. The monoisotopic (exact) mass is 476 g/mol. The number of allylic oxidation sites excluding steroid dienone is 4. The van der Waals surface area contributed by atoms with Gasteiger partial charge in [0.25, 0.3) is 0 Å². The van der Waals surface area contributed by atoms with Crippen LogP contribution in [0.25, 0.3) is 0 Å². The zero-order valence-corrected chi connectivity index (χ0v) is 23.3. The Morgan fingerprint density at radius 3 is 1.35 bits per heavy atom. The van der Waals surface area contributed by atoms with Gasteiger partial charge in [0.05, 0.1) is 6.61 Å². The molecule has 2 heteroatoms. The summed E-state index contributed by atoms with van der Waals surface area (Å²) in [4.78, 5) is 11.8. The van der Waals surface area contributed by atoms with E-state index in [1.54, 1.807) is 0 Å². The Morgan fingerprint density at radius 2 is 0.853 bits per heavy atom. The van der Waals surface area contributed by atoms with Crippen LogP contribution in [0.2, 0.25) is 0 Å². The average molecular weight is 477 g/mol. The summed E-state index contributed by atoms with van der Waals surface area (Å²) in [6.07, 6.45) is 39.3. The number of hydrogen-bond acceptors (Lipinski definition) is 2. The zero-order chi connectivity index (χ0) is 24.8. The summed E-state index contributed by atoms with van der Waals surface area (Å²) in [6.45, 7) is 5.13. The van der Waals surface area contributed by atoms with Gasteiger partial charge in [0.1, 0.15) is 0 Å². The third-order valence-electron chi connectivity index (χ3n) is 6.56. The van der Waals surface area contributed by atoms with Crippen molar-refractivity contribution in [2.24, 2.45) is 0 Å². The van der Waals surface area contributed by atoms with Crippen molar-refractivity contribution < 1.29 is 9.53 Å². The van der Waals surface area contributed by atoms with Gasteiger partial charge in [-0.25, -0.2) is 0 Å². The van der Waals surface area contributed by atoms with E-state index < -0.39 is 0 Å². The molecule has 0 aliphatic heterocycles. The summed E-state index contributed by atoms with van der Waals surface area (Å²) in [5.74, 6) is 0.00611. The molecule has 0 aromatic rings. The second-order valence-electron chi connectivity index (χ2n) is 10.1. The molecule has 0 aliphatic rings. The Bertz CT molecular complexity index is 452. The van der Waals surface area contributed by atoms with Crippen molar-refractivity contribution in [3.63, 3.8) is 0 Å². The van der Waals surface area contributed by atoms with Crippen molar-refractivity contribution in [2.45, 2.75) is 168 Å². The van der Waals surface area contributed by atoms with Gasteiger partial charge in [-0.15, -0.1) is 0 Å². The van der Waals surface area contributed by atoms with E-state index in [1.165, 1.54) is 128 Å². The first kappa shape index (κ1) is 33.0. The summed E-state index contributed by atoms with van der Waals surface area (Å²) in [6, 6.07) is 0. The molecule has 0 amide bonds. The molecule has 0 spiro atoms. The second kappa shape index (κ2) is 30.0. The molecule has 0 unspecified atom stereocenters. The molecule has 2 nitrogen and oxygen atoms in total. The van der Waals surface area contributed by atoms with Crippen molar-refractivity contribution in [3.8, 4) is 0 Å². The minimum Gasteiger partial charge on any atom is -0.466 e. The molecule has 34 heavy (non-hydrogen) atoms. The highest BCUT2D eigenvalue weighted by Gasteiger charge is 2.02. The highest BCUT2D eigenvalue weighted by atomic mass is 16.5. The van der Waals surface area contributed by atoms with Gasteiger partial charge in [0, 0.05) is 6.42 Å². The molecule has 0 atom stereocenters. The van der Waals surface area contributed by atoms with Crippen LogP contribution < -0.4 is 0 Å². The lowest BCUT2D eigenvalue weighted by Gasteiger charge is -2.05. The van der Waals surface area contributed by atoms with Gasteiger partial charge in [-0.2, -0.15) is 0 Å². The average Bonchev–Trinajstić information content (AvgIpc) is 2.84. The minimum absolute atomic E-state index is 0.00611. The van der Waals surface area contributed by atoms with Crippen LogP contribution in [-0.4, -0.2) is 12.6 Å². The van der Waals surface area contributed by atoms with Crippen LogP contribution in [0, 0.1) is 0 Å². The van der Waals surface area contributed by atoms with Crippen molar-refractivity contribution in [1.82, 2.24) is 0 Å². The molecule has 0 rings (SSSR count). The summed E-state index contributed by atoms with van der Waals surface area (Å²) in [7, 11) is 0. The molecule has 0 bridgehead atoms. The minimum atomic E-state index is 0.00611. The van der Waals surface area contributed by atoms with E-state index in [2.05, 4.69) is 38.2 Å². The van der Waals surface area contributed by atoms with Crippen molar-refractivity contribution in [3.05, 3.63) is 24.3 Å². The number of carbonyl (C=O) groups is 1. The number of esters is 1. The summed E-state index contributed by atoms with van der Waals surface area (Å²) < 4.78 is 5.40. The molecule has 0 aromatic heterocycles. The predicted molar refractivity (Wildman–Crippen MR) is 151 cm³/mol. The highest BCUT2D eigenvalue weighted by Crippen LogP contribution is 2.11. The lowest BCUT2D eigenvalue weighted by Crippen LogP contribution is -2.05. The van der Waals surface area contributed by atoms with Gasteiger partial charge < -0.3 is 4.74 Å². The number of unbranched alkanes of at least 4 members (excludes halogenated alkanes) is 19. The fourth-order valence-corrected chi connectivity index (χ4v) is 4.23. The molecule has 0 radical (unpaired) electrons. The Kier molecular flexibility index (Phi) is 29.1. The number of rotatable bonds is 27. The Morgan fingerprint density at radius 1 is 0.471 bits per heavy atom. The fourth-order valence-electron chi connectivity index (χ4n) is 4.23. The van der Waals surface area contributed by atoms with Gasteiger partial charge in [-0.1, -0.05) is 128 Å². The summed E-state index contributed by atoms with van der Waals surface area (Å²) >= 11 is 0. The lowest BCUT2D eigenvalue weighted by molar-refractivity contribution is -0.143. The number of carbonyl (C=O) groups excluding carboxylic acids is 1. The van der Waals surface area contributed by atoms with E-state index in [0.717, 1.165) is 19.3 Å². The van der Waals surface area contributed by atoms with Crippen molar-refractivity contribution in [1.29, 1.82) is 0 Å². The van der Waals surface area contributed by atoms with Crippen LogP contribution in [-0.2, 0) is 9.53 Å². The maximum Gasteiger partial charge on any atom is 0.305 e. The van der Waals surface area contributed by atoms with E-state index in [4.69, 9.17) is 4.74 Å². The first-order chi connectivity index (χ1) is 16.8. The maximum absolute atomic E-state index is 11.8. The van der Waals surface area contributed by atoms with E-state index in [9.17, 15) is 4.79 Å². The molecule has 0 saturated heterocycles. The maximum atomic E-state index is 11.8. The first-order valence-electron chi connectivity index (χ1n) is 15.3. The van der Waals surface area contributed by atoms with Crippen molar-refractivity contribution >= 4 is 5.97 Å². The third kappa shape index (κ3) is 29.0. The normalized spacial score (nSPS) is 11.7. The Hall–Kier alpha value is -1.05. The van der Waals surface area contributed by atoms with Crippen LogP contribution in [0.15, 0.2) is 24.3 Å². The molecule has 0 saturated carbocycles. The Labute approximate surface area is 214 Å². The van der Waals surface area contributed by atoms with Crippen molar-refractivity contribution in [2.75, 3.05) is 6.61 Å². The zero-order valence-electron chi connectivity index (χ0n) is 23.3.